The highest BCUT2D eigenvalue weighted by atomic mass is 16.7. The number of ether oxygens (including phenoxy) is 3. The molecule has 0 radical (unpaired) electrons. The van der Waals surface area contributed by atoms with Gasteiger partial charge in [-0.25, -0.2) is 9.59 Å². The molecule has 0 saturated carbocycles. The van der Waals surface area contributed by atoms with Crippen LogP contribution >= 0.6 is 0 Å². The number of benzene rings is 2. The maximum absolute atomic E-state index is 12.1. The molecule has 0 unspecified atom stereocenters. The van der Waals surface area contributed by atoms with Crippen LogP contribution in [-0.4, -0.2) is 18.7 Å². The molecule has 0 aliphatic rings. The van der Waals surface area contributed by atoms with Crippen molar-refractivity contribution in [2.45, 2.75) is 20.3 Å². The number of carbonyl (C=O) groups is 2. The van der Waals surface area contributed by atoms with Gasteiger partial charge in [0.1, 0.15) is 0 Å². The molecule has 0 atom stereocenters. The lowest BCUT2D eigenvalue weighted by Gasteiger charge is -2.10. The fraction of sp³-hybridized carbons (Fsp3) is 0.222. The van der Waals surface area contributed by atoms with Crippen LogP contribution in [-0.2, 0) is 4.74 Å². The first kappa shape index (κ1) is 16.5. The molecule has 0 saturated heterocycles. The van der Waals surface area contributed by atoms with Crippen LogP contribution in [0.3, 0.4) is 0 Å². The first-order valence-corrected chi connectivity index (χ1v) is 7.32. The van der Waals surface area contributed by atoms with Gasteiger partial charge in [0.25, 0.3) is 0 Å². The molecule has 2 rings (SSSR count). The number of aryl methyl sites for hydroxylation is 1. The lowest BCUT2D eigenvalue weighted by molar-refractivity contribution is 0.0716. The molecule has 0 spiro atoms. The summed E-state index contributed by atoms with van der Waals surface area (Å²) < 4.78 is 15.2. The van der Waals surface area contributed by atoms with Crippen LogP contribution in [0.5, 0.6) is 11.5 Å². The summed E-state index contributed by atoms with van der Waals surface area (Å²) in [5.41, 5.74) is 1.46. The molecule has 0 bridgehead atoms. The summed E-state index contributed by atoms with van der Waals surface area (Å²) >= 11 is 0. The normalized spacial score (nSPS) is 10.0. The first-order chi connectivity index (χ1) is 11.1. The second kappa shape index (κ2) is 7.98. The van der Waals surface area contributed by atoms with Gasteiger partial charge in [-0.3, -0.25) is 0 Å². The molecule has 120 valence electrons. The summed E-state index contributed by atoms with van der Waals surface area (Å²) in [4.78, 5) is 23.7. The fourth-order valence-corrected chi connectivity index (χ4v) is 1.77. The highest BCUT2D eigenvalue weighted by molar-refractivity contribution is 5.91. The van der Waals surface area contributed by atoms with E-state index >= 15 is 0 Å². The molecule has 0 heterocycles. The lowest BCUT2D eigenvalue weighted by Crippen LogP contribution is -2.13. The van der Waals surface area contributed by atoms with E-state index in [4.69, 9.17) is 14.2 Å². The van der Waals surface area contributed by atoms with Crippen molar-refractivity contribution < 1.29 is 23.8 Å². The van der Waals surface area contributed by atoms with E-state index < -0.39 is 12.1 Å². The van der Waals surface area contributed by atoms with E-state index in [0.29, 0.717) is 12.0 Å². The SMILES string of the molecule is CCCOC(=O)Oc1ccccc1OC(=O)c1ccc(C)cc1. The van der Waals surface area contributed by atoms with Crippen LogP contribution in [0.2, 0.25) is 0 Å². The number of para-hydroxylation sites is 2. The van der Waals surface area contributed by atoms with E-state index in [1.54, 1.807) is 30.3 Å². The number of esters is 1. The molecule has 2 aromatic carbocycles. The van der Waals surface area contributed by atoms with Crippen molar-refractivity contribution in [3.63, 3.8) is 0 Å². The fourth-order valence-electron chi connectivity index (χ4n) is 1.77. The molecular formula is C18H18O5. The van der Waals surface area contributed by atoms with Gasteiger partial charge in [-0.2, -0.15) is 0 Å². The zero-order valence-electron chi connectivity index (χ0n) is 13.1. The number of hydrogen-bond acceptors (Lipinski definition) is 5. The van der Waals surface area contributed by atoms with Crippen LogP contribution in [0.4, 0.5) is 4.79 Å². The van der Waals surface area contributed by atoms with Gasteiger partial charge in [-0.15, -0.1) is 0 Å². The Hall–Kier alpha value is -2.82. The predicted molar refractivity (Wildman–Crippen MR) is 84.8 cm³/mol. The molecule has 5 nitrogen and oxygen atoms in total. The van der Waals surface area contributed by atoms with Gasteiger partial charge in [0.05, 0.1) is 12.2 Å². The van der Waals surface area contributed by atoms with Crippen molar-refractivity contribution in [3.8, 4) is 11.5 Å². The summed E-state index contributed by atoms with van der Waals surface area (Å²) in [5, 5.41) is 0. The van der Waals surface area contributed by atoms with E-state index in [1.807, 2.05) is 26.0 Å². The van der Waals surface area contributed by atoms with Crippen LogP contribution in [0.1, 0.15) is 29.3 Å². The van der Waals surface area contributed by atoms with Crippen LogP contribution in [0.25, 0.3) is 0 Å². The van der Waals surface area contributed by atoms with Gasteiger partial charge in [0.15, 0.2) is 11.5 Å². The Morgan fingerprint density at radius 2 is 1.52 bits per heavy atom. The van der Waals surface area contributed by atoms with Crippen molar-refractivity contribution in [2.75, 3.05) is 6.61 Å². The Kier molecular flexibility index (Phi) is 5.74. The van der Waals surface area contributed by atoms with Gasteiger partial charge >= 0.3 is 12.1 Å². The van der Waals surface area contributed by atoms with Crippen molar-refractivity contribution in [1.29, 1.82) is 0 Å². The zero-order valence-corrected chi connectivity index (χ0v) is 13.1. The molecule has 0 aliphatic heterocycles. The topological polar surface area (TPSA) is 61.8 Å². The molecule has 2 aromatic rings. The second-order valence-corrected chi connectivity index (χ2v) is 4.90. The third kappa shape index (κ3) is 4.85. The highest BCUT2D eigenvalue weighted by Crippen LogP contribution is 2.27. The summed E-state index contributed by atoms with van der Waals surface area (Å²) in [7, 11) is 0. The summed E-state index contributed by atoms with van der Waals surface area (Å²) in [5.74, 6) is -0.233. The summed E-state index contributed by atoms with van der Waals surface area (Å²) in [6.45, 7) is 4.08. The molecule has 5 heteroatoms. The molecule has 0 fully saturated rings. The van der Waals surface area contributed by atoms with Crippen LogP contribution < -0.4 is 9.47 Å². The van der Waals surface area contributed by atoms with Gasteiger partial charge < -0.3 is 14.2 Å². The van der Waals surface area contributed by atoms with Crippen molar-refractivity contribution in [3.05, 3.63) is 59.7 Å². The number of carbonyl (C=O) groups excluding carboxylic acids is 2. The smallest absolute Gasteiger partial charge is 0.434 e. The Balaban J connectivity index is 2.09. The van der Waals surface area contributed by atoms with Gasteiger partial charge in [-0.1, -0.05) is 36.8 Å². The Morgan fingerprint density at radius 3 is 2.13 bits per heavy atom. The molecular weight excluding hydrogens is 296 g/mol. The summed E-state index contributed by atoms with van der Waals surface area (Å²) in [6.07, 6.45) is -0.134. The Bertz CT molecular complexity index is 676. The zero-order chi connectivity index (χ0) is 16.7. The molecule has 0 amide bonds. The highest BCUT2D eigenvalue weighted by Gasteiger charge is 2.15. The second-order valence-electron chi connectivity index (χ2n) is 4.90. The van der Waals surface area contributed by atoms with Crippen LogP contribution in [0, 0.1) is 6.92 Å². The van der Waals surface area contributed by atoms with Crippen molar-refractivity contribution in [1.82, 2.24) is 0 Å². The van der Waals surface area contributed by atoms with E-state index in [2.05, 4.69) is 0 Å². The maximum Gasteiger partial charge on any atom is 0.513 e. The quantitative estimate of drug-likeness (QED) is 0.471. The average Bonchev–Trinajstić information content (AvgIpc) is 2.55. The van der Waals surface area contributed by atoms with Crippen LogP contribution in [0.15, 0.2) is 48.5 Å². The Morgan fingerprint density at radius 1 is 0.913 bits per heavy atom. The summed E-state index contributed by atoms with van der Waals surface area (Å²) in [6, 6.07) is 13.4. The van der Waals surface area contributed by atoms with E-state index in [1.165, 1.54) is 6.07 Å². The van der Waals surface area contributed by atoms with E-state index in [-0.39, 0.29) is 18.1 Å². The monoisotopic (exact) mass is 314 g/mol. The van der Waals surface area contributed by atoms with Crippen molar-refractivity contribution >= 4 is 12.1 Å². The largest absolute Gasteiger partial charge is 0.513 e. The van der Waals surface area contributed by atoms with Gasteiger partial charge in [0, 0.05) is 0 Å². The number of rotatable bonds is 5. The third-order valence-corrected chi connectivity index (χ3v) is 2.96. The standard InChI is InChI=1S/C18H18O5/c1-3-12-21-18(20)23-16-7-5-4-6-15(16)22-17(19)14-10-8-13(2)9-11-14/h4-11H,3,12H2,1-2H3. The Labute approximate surface area is 134 Å². The van der Waals surface area contributed by atoms with E-state index in [9.17, 15) is 9.59 Å². The van der Waals surface area contributed by atoms with Gasteiger partial charge in [-0.05, 0) is 37.6 Å². The van der Waals surface area contributed by atoms with Crippen molar-refractivity contribution in [2.24, 2.45) is 0 Å². The minimum atomic E-state index is -0.828. The molecule has 0 aliphatic carbocycles. The molecule has 0 N–H and O–H groups in total. The minimum absolute atomic E-state index is 0.133. The number of hydrogen-bond donors (Lipinski definition) is 0. The molecule has 23 heavy (non-hydrogen) atoms. The minimum Gasteiger partial charge on any atom is -0.434 e. The maximum atomic E-state index is 12.1. The average molecular weight is 314 g/mol. The van der Waals surface area contributed by atoms with E-state index in [0.717, 1.165) is 5.56 Å². The lowest BCUT2D eigenvalue weighted by atomic mass is 10.1. The predicted octanol–water partition coefficient (Wildman–Crippen LogP) is 4.14. The van der Waals surface area contributed by atoms with Gasteiger partial charge in [0.2, 0.25) is 0 Å². The third-order valence-electron chi connectivity index (χ3n) is 2.96. The first-order valence-electron chi connectivity index (χ1n) is 7.32. The molecule has 0 aromatic heterocycles.